The number of carbonyl (C=O) groups excluding carboxylic acids is 1. The van der Waals surface area contributed by atoms with Gasteiger partial charge in [0.2, 0.25) is 5.91 Å². The van der Waals surface area contributed by atoms with Crippen molar-refractivity contribution in [2.45, 2.75) is 38.9 Å². The number of alkyl halides is 3. The lowest BCUT2D eigenvalue weighted by Gasteiger charge is -2.32. The van der Waals surface area contributed by atoms with Crippen LogP contribution < -0.4 is 10.2 Å². The molecule has 2 aromatic rings. The van der Waals surface area contributed by atoms with Crippen LogP contribution in [0.3, 0.4) is 0 Å². The van der Waals surface area contributed by atoms with Crippen LogP contribution in [0, 0.1) is 12.8 Å². The molecule has 0 aliphatic carbocycles. The molecule has 2 aromatic heterocycles. The van der Waals surface area contributed by atoms with E-state index in [1.165, 1.54) is 6.07 Å². The summed E-state index contributed by atoms with van der Waals surface area (Å²) in [6, 6.07) is 2.30. The minimum atomic E-state index is -4.39. The molecule has 1 aliphatic rings. The highest BCUT2D eigenvalue weighted by atomic mass is 19.4. The zero-order valence-corrected chi connectivity index (χ0v) is 16.1. The summed E-state index contributed by atoms with van der Waals surface area (Å²) in [6.45, 7) is 5.05. The third kappa shape index (κ3) is 4.28. The standard InChI is InChI=1S/C19H24F3N5O/c1-12(16-11-24-26(3)13(16)2)25-18(28)14-6-8-27(9-7-14)17-5-4-15(10-23-17)19(20,21)22/h4-5,10-12,14H,6-9H2,1-3H3,(H,25,28)/t12-/m1/s1. The number of nitrogens with one attached hydrogen (secondary N) is 1. The van der Waals surface area contributed by atoms with Crippen molar-refractivity contribution in [3.05, 3.63) is 41.3 Å². The maximum Gasteiger partial charge on any atom is 0.417 e. The van der Waals surface area contributed by atoms with E-state index in [1.807, 2.05) is 25.8 Å². The fraction of sp³-hybridized carbons (Fsp3) is 0.526. The van der Waals surface area contributed by atoms with Crippen LogP contribution in [0.4, 0.5) is 19.0 Å². The first-order valence-corrected chi connectivity index (χ1v) is 9.24. The van der Waals surface area contributed by atoms with Crippen molar-refractivity contribution in [3.8, 4) is 0 Å². The molecule has 3 rings (SSSR count). The second-order valence-electron chi connectivity index (χ2n) is 7.20. The minimum absolute atomic E-state index is 0.00391. The number of anilines is 1. The molecule has 28 heavy (non-hydrogen) atoms. The van der Waals surface area contributed by atoms with Crippen LogP contribution in [0.1, 0.15) is 42.6 Å². The van der Waals surface area contributed by atoms with Crippen molar-refractivity contribution in [1.82, 2.24) is 20.1 Å². The maximum absolute atomic E-state index is 12.7. The molecule has 0 bridgehead atoms. The Labute approximate surface area is 161 Å². The molecule has 1 fully saturated rings. The van der Waals surface area contributed by atoms with Gasteiger partial charge in [-0.3, -0.25) is 9.48 Å². The normalized spacial score (nSPS) is 16.9. The van der Waals surface area contributed by atoms with Crippen LogP contribution >= 0.6 is 0 Å². The lowest BCUT2D eigenvalue weighted by Crippen LogP contribution is -2.41. The molecule has 152 valence electrons. The van der Waals surface area contributed by atoms with Gasteiger partial charge in [-0.05, 0) is 38.8 Å². The van der Waals surface area contributed by atoms with Crippen LogP contribution in [0.2, 0.25) is 0 Å². The van der Waals surface area contributed by atoms with Gasteiger partial charge in [0, 0.05) is 43.5 Å². The number of hydrogen-bond acceptors (Lipinski definition) is 4. The van der Waals surface area contributed by atoms with Gasteiger partial charge in [-0.15, -0.1) is 0 Å². The summed E-state index contributed by atoms with van der Waals surface area (Å²) in [6.07, 6.45) is -0.508. The van der Waals surface area contributed by atoms with E-state index >= 15 is 0 Å². The molecule has 6 nitrogen and oxygen atoms in total. The second kappa shape index (κ2) is 7.81. The van der Waals surface area contributed by atoms with Gasteiger partial charge in [0.15, 0.2) is 0 Å². The van der Waals surface area contributed by atoms with E-state index in [2.05, 4.69) is 15.4 Å². The number of aryl methyl sites for hydroxylation is 1. The molecule has 0 unspecified atom stereocenters. The third-order valence-electron chi connectivity index (χ3n) is 5.36. The van der Waals surface area contributed by atoms with E-state index in [9.17, 15) is 18.0 Å². The van der Waals surface area contributed by atoms with Crippen LogP contribution in [-0.2, 0) is 18.0 Å². The van der Waals surface area contributed by atoms with Crippen molar-refractivity contribution in [1.29, 1.82) is 0 Å². The Morgan fingerprint density at radius 3 is 2.43 bits per heavy atom. The van der Waals surface area contributed by atoms with Crippen LogP contribution in [0.25, 0.3) is 0 Å². The Hall–Kier alpha value is -2.58. The zero-order chi connectivity index (χ0) is 20.5. The molecule has 1 saturated heterocycles. The molecule has 3 heterocycles. The third-order valence-corrected chi connectivity index (χ3v) is 5.36. The van der Waals surface area contributed by atoms with Crippen molar-refractivity contribution < 1.29 is 18.0 Å². The number of aromatic nitrogens is 3. The van der Waals surface area contributed by atoms with E-state index in [0.717, 1.165) is 23.5 Å². The largest absolute Gasteiger partial charge is 0.417 e. The molecule has 1 N–H and O–H groups in total. The number of pyridine rings is 1. The number of rotatable bonds is 4. The van der Waals surface area contributed by atoms with Gasteiger partial charge >= 0.3 is 6.18 Å². The molecular weight excluding hydrogens is 371 g/mol. The fourth-order valence-corrected chi connectivity index (χ4v) is 3.46. The number of halogens is 3. The first-order chi connectivity index (χ1) is 13.2. The molecule has 9 heteroatoms. The van der Waals surface area contributed by atoms with Gasteiger partial charge in [-0.25, -0.2) is 4.98 Å². The average Bonchev–Trinajstić information content (AvgIpc) is 3.00. The number of hydrogen-bond donors (Lipinski definition) is 1. The Bertz CT molecular complexity index is 823. The van der Waals surface area contributed by atoms with Crippen molar-refractivity contribution in [2.24, 2.45) is 13.0 Å². The average molecular weight is 395 g/mol. The van der Waals surface area contributed by atoms with Gasteiger partial charge in [0.1, 0.15) is 5.82 Å². The summed E-state index contributed by atoms with van der Waals surface area (Å²) in [5.74, 6) is 0.382. The molecule has 0 saturated carbocycles. The molecule has 0 radical (unpaired) electrons. The summed E-state index contributed by atoms with van der Waals surface area (Å²) < 4.78 is 39.7. The highest BCUT2D eigenvalue weighted by Gasteiger charge is 2.31. The zero-order valence-electron chi connectivity index (χ0n) is 16.1. The Morgan fingerprint density at radius 2 is 1.93 bits per heavy atom. The number of amides is 1. The topological polar surface area (TPSA) is 63.1 Å². The Balaban J connectivity index is 1.54. The maximum atomic E-state index is 12.7. The van der Waals surface area contributed by atoms with E-state index in [-0.39, 0.29) is 17.9 Å². The smallest absolute Gasteiger partial charge is 0.357 e. The predicted octanol–water partition coefficient (Wildman–Crippen LogP) is 3.24. The van der Waals surface area contributed by atoms with Gasteiger partial charge in [0.05, 0.1) is 17.8 Å². The van der Waals surface area contributed by atoms with E-state index < -0.39 is 11.7 Å². The lowest BCUT2D eigenvalue weighted by molar-refractivity contribution is -0.137. The van der Waals surface area contributed by atoms with Gasteiger partial charge in [-0.1, -0.05) is 0 Å². The SMILES string of the molecule is Cc1c([C@@H](C)NC(=O)C2CCN(c3ccc(C(F)(F)F)cn3)CC2)cnn1C. The highest BCUT2D eigenvalue weighted by Crippen LogP contribution is 2.30. The van der Waals surface area contributed by atoms with Crippen LogP contribution in [0.15, 0.2) is 24.5 Å². The highest BCUT2D eigenvalue weighted by molar-refractivity contribution is 5.79. The Kier molecular flexibility index (Phi) is 5.62. The summed E-state index contributed by atoms with van der Waals surface area (Å²) >= 11 is 0. The quantitative estimate of drug-likeness (QED) is 0.863. The summed E-state index contributed by atoms with van der Waals surface area (Å²) in [5.41, 5.74) is 1.24. The summed E-state index contributed by atoms with van der Waals surface area (Å²) in [7, 11) is 1.86. The summed E-state index contributed by atoms with van der Waals surface area (Å²) in [5, 5.41) is 7.25. The lowest BCUT2D eigenvalue weighted by atomic mass is 9.95. The van der Waals surface area contributed by atoms with Crippen molar-refractivity contribution in [3.63, 3.8) is 0 Å². The first-order valence-electron chi connectivity index (χ1n) is 9.24. The van der Waals surface area contributed by atoms with Crippen molar-refractivity contribution >= 4 is 11.7 Å². The van der Waals surface area contributed by atoms with Gasteiger partial charge < -0.3 is 10.2 Å². The van der Waals surface area contributed by atoms with Crippen LogP contribution in [-0.4, -0.2) is 33.8 Å². The fourth-order valence-electron chi connectivity index (χ4n) is 3.46. The van der Waals surface area contributed by atoms with E-state index in [4.69, 9.17) is 0 Å². The molecule has 1 aliphatic heterocycles. The molecule has 0 aromatic carbocycles. The van der Waals surface area contributed by atoms with E-state index in [0.29, 0.717) is 31.7 Å². The number of nitrogens with zero attached hydrogens (tertiary/aromatic N) is 4. The Morgan fingerprint density at radius 1 is 1.25 bits per heavy atom. The minimum Gasteiger partial charge on any atom is -0.357 e. The predicted molar refractivity (Wildman–Crippen MR) is 98.7 cm³/mol. The summed E-state index contributed by atoms with van der Waals surface area (Å²) in [4.78, 5) is 18.5. The molecule has 1 atom stereocenters. The number of carbonyl (C=O) groups is 1. The number of piperidine rings is 1. The molecule has 0 spiro atoms. The van der Waals surface area contributed by atoms with Gasteiger partial charge in [-0.2, -0.15) is 18.3 Å². The first kappa shape index (κ1) is 20.2. The van der Waals surface area contributed by atoms with Crippen LogP contribution in [0.5, 0.6) is 0 Å². The second-order valence-corrected chi connectivity index (χ2v) is 7.20. The molecule has 1 amide bonds. The monoisotopic (exact) mass is 395 g/mol. The van der Waals surface area contributed by atoms with E-state index in [1.54, 1.807) is 10.9 Å². The van der Waals surface area contributed by atoms with Crippen molar-refractivity contribution in [2.75, 3.05) is 18.0 Å². The molecular formula is C19H24F3N5O. The van der Waals surface area contributed by atoms with Gasteiger partial charge in [0.25, 0.3) is 0 Å².